The molecule has 7 heteroatoms. The maximum Gasteiger partial charge on any atom is 0.278 e. The van der Waals surface area contributed by atoms with Crippen LogP contribution in [0.1, 0.15) is 25.0 Å². The van der Waals surface area contributed by atoms with Gasteiger partial charge in [0.2, 0.25) is 5.91 Å². The molecule has 7 nitrogen and oxygen atoms in total. The molecule has 1 amide bonds. The smallest absolute Gasteiger partial charge is 0.278 e. The van der Waals surface area contributed by atoms with Crippen molar-refractivity contribution in [2.75, 3.05) is 13.1 Å². The quantitative estimate of drug-likeness (QED) is 0.717. The molecule has 0 unspecified atom stereocenters. The number of fused-ring (bicyclic) bond motifs is 2. The molecule has 1 aliphatic rings. The number of rotatable bonds is 5. The molecule has 0 radical (unpaired) electrons. The molecule has 2 heterocycles. The largest absolute Gasteiger partial charge is 0.353 e. The Kier molecular flexibility index (Phi) is 5.15. The highest BCUT2D eigenvalue weighted by Gasteiger charge is 2.30. The molecule has 1 aromatic heterocycles. The van der Waals surface area contributed by atoms with E-state index in [-0.39, 0.29) is 23.6 Å². The lowest BCUT2D eigenvalue weighted by Gasteiger charge is -2.41. The minimum atomic E-state index is -0.308. The normalized spacial score (nSPS) is 14.6. The van der Waals surface area contributed by atoms with Crippen LogP contribution in [0.3, 0.4) is 0 Å². The summed E-state index contributed by atoms with van der Waals surface area (Å²) >= 11 is 0. The van der Waals surface area contributed by atoms with E-state index in [4.69, 9.17) is 0 Å². The zero-order chi connectivity index (χ0) is 20.4. The summed E-state index contributed by atoms with van der Waals surface area (Å²) in [6, 6.07) is 15.5. The molecule has 0 atom stereocenters. The summed E-state index contributed by atoms with van der Waals surface area (Å²) < 4.78 is 1.11. The van der Waals surface area contributed by atoms with Gasteiger partial charge in [0.05, 0.1) is 5.39 Å². The Morgan fingerprint density at radius 2 is 1.83 bits per heavy atom. The zero-order valence-corrected chi connectivity index (χ0v) is 16.8. The van der Waals surface area contributed by atoms with Gasteiger partial charge in [-0.15, -0.1) is 5.10 Å². The fourth-order valence-corrected chi connectivity index (χ4v) is 3.76. The number of amides is 1. The van der Waals surface area contributed by atoms with Gasteiger partial charge in [0.25, 0.3) is 5.56 Å². The Labute approximate surface area is 169 Å². The lowest BCUT2D eigenvalue weighted by molar-refractivity contribution is -0.122. The molecule has 0 fully saturated rings. The van der Waals surface area contributed by atoms with E-state index in [0.717, 1.165) is 24.2 Å². The van der Waals surface area contributed by atoms with Gasteiger partial charge in [-0.2, -0.15) is 0 Å². The molecule has 2 aromatic carbocycles. The van der Waals surface area contributed by atoms with Crippen molar-refractivity contribution in [3.63, 3.8) is 0 Å². The maximum absolute atomic E-state index is 12.5. The minimum Gasteiger partial charge on any atom is -0.353 e. The lowest BCUT2D eigenvalue weighted by atomic mass is 9.94. The van der Waals surface area contributed by atoms with Gasteiger partial charge in [-0.25, -0.2) is 4.68 Å². The number of hydrogen-bond donors (Lipinski definition) is 1. The highest BCUT2D eigenvalue weighted by molar-refractivity contribution is 5.78. The summed E-state index contributed by atoms with van der Waals surface area (Å²) in [7, 11) is 0. The first-order valence-corrected chi connectivity index (χ1v) is 9.85. The summed E-state index contributed by atoms with van der Waals surface area (Å²) in [6.07, 6.45) is 1.01. The summed E-state index contributed by atoms with van der Waals surface area (Å²) in [5, 5.41) is 11.3. The molecule has 0 bridgehead atoms. The molecule has 1 N–H and O–H groups in total. The highest BCUT2D eigenvalue weighted by Crippen LogP contribution is 2.24. The number of hydrogen-bond acceptors (Lipinski definition) is 5. The van der Waals surface area contributed by atoms with Crippen molar-refractivity contribution in [3.8, 4) is 0 Å². The van der Waals surface area contributed by atoms with Gasteiger partial charge in [-0.05, 0) is 43.5 Å². The first-order valence-electron chi connectivity index (χ1n) is 9.85. The number of carbonyl (C=O) groups excluding carboxylic acids is 1. The average Bonchev–Trinajstić information content (AvgIpc) is 2.74. The predicted molar refractivity (Wildman–Crippen MR) is 111 cm³/mol. The van der Waals surface area contributed by atoms with Crippen LogP contribution < -0.4 is 10.9 Å². The molecule has 1 aliphatic heterocycles. The molecular weight excluding hydrogens is 366 g/mol. The van der Waals surface area contributed by atoms with E-state index in [2.05, 4.69) is 58.6 Å². The summed E-state index contributed by atoms with van der Waals surface area (Å²) in [5.41, 5.74) is 2.76. The van der Waals surface area contributed by atoms with Gasteiger partial charge < -0.3 is 5.32 Å². The van der Waals surface area contributed by atoms with Crippen LogP contribution in [0, 0.1) is 0 Å². The van der Waals surface area contributed by atoms with E-state index < -0.39 is 0 Å². The molecule has 29 heavy (non-hydrogen) atoms. The number of carbonyl (C=O) groups is 1. The van der Waals surface area contributed by atoms with Crippen molar-refractivity contribution in [1.29, 1.82) is 0 Å². The molecular formula is C22H25N5O2. The van der Waals surface area contributed by atoms with Gasteiger partial charge in [0, 0.05) is 25.2 Å². The lowest BCUT2D eigenvalue weighted by Crippen LogP contribution is -2.53. The van der Waals surface area contributed by atoms with Crippen LogP contribution in [0.2, 0.25) is 0 Å². The second-order valence-corrected chi connectivity index (χ2v) is 8.10. The first-order chi connectivity index (χ1) is 13.9. The van der Waals surface area contributed by atoms with Crippen molar-refractivity contribution in [2.24, 2.45) is 0 Å². The Morgan fingerprint density at radius 1 is 1.10 bits per heavy atom. The van der Waals surface area contributed by atoms with Crippen LogP contribution >= 0.6 is 0 Å². The van der Waals surface area contributed by atoms with Crippen molar-refractivity contribution in [1.82, 2.24) is 25.2 Å². The fraction of sp³-hybridized carbons (Fsp3) is 0.364. The van der Waals surface area contributed by atoms with Gasteiger partial charge in [-0.3, -0.25) is 14.5 Å². The molecule has 4 rings (SSSR count). The predicted octanol–water partition coefficient (Wildman–Crippen LogP) is 1.74. The van der Waals surface area contributed by atoms with Gasteiger partial charge in [-0.1, -0.05) is 41.6 Å². The van der Waals surface area contributed by atoms with E-state index in [1.165, 1.54) is 11.1 Å². The van der Waals surface area contributed by atoms with E-state index in [1.54, 1.807) is 24.3 Å². The first kappa shape index (κ1) is 19.3. The van der Waals surface area contributed by atoms with Gasteiger partial charge in [0.15, 0.2) is 0 Å². The van der Waals surface area contributed by atoms with Gasteiger partial charge >= 0.3 is 0 Å². The van der Waals surface area contributed by atoms with Crippen LogP contribution in [0.15, 0.2) is 53.3 Å². The van der Waals surface area contributed by atoms with Crippen LogP contribution in [0.25, 0.3) is 10.9 Å². The monoisotopic (exact) mass is 391 g/mol. The van der Waals surface area contributed by atoms with Crippen molar-refractivity contribution in [3.05, 3.63) is 70.0 Å². The Balaban J connectivity index is 1.39. The molecule has 150 valence electrons. The van der Waals surface area contributed by atoms with Crippen molar-refractivity contribution < 1.29 is 4.79 Å². The maximum atomic E-state index is 12.5. The van der Waals surface area contributed by atoms with Crippen LogP contribution in [-0.2, 0) is 24.3 Å². The fourth-order valence-electron chi connectivity index (χ4n) is 3.76. The topological polar surface area (TPSA) is 80.1 Å². The average molecular weight is 391 g/mol. The second-order valence-electron chi connectivity index (χ2n) is 8.10. The molecule has 0 aliphatic carbocycles. The van der Waals surface area contributed by atoms with Crippen LogP contribution in [0.4, 0.5) is 0 Å². The van der Waals surface area contributed by atoms with E-state index in [1.807, 2.05) is 0 Å². The summed E-state index contributed by atoms with van der Waals surface area (Å²) in [5.74, 6) is -0.248. The van der Waals surface area contributed by atoms with Gasteiger partial charge in [0.1, 0.15) is 12.1 Å². The van der Waals surface area contributed by atoms with Crippen LogP contribution in [-0.4, -0.2) is 44.4 Å². The third kappa shape index (κ3) is 4.05. The van der Waals surface area contributed by atoms with E-state index in [9.17, 15) is 9.59 Å². The Hall–Kier alpha value is -3.06. The Bertz CT molecular complexity index is 1110. The number of nitrogens with zero attached hydrogens (tertiary/aromatic N) is 4. The minimum absolute atomic E-state index is 0.143. The number of nitrogens with one attached hydrogen (secondary N) is 1. The SMILES string of the molecule is CC(C)(CNC(=O)Cn1nnc2ccccc2c1=O)N1CCc2ccccc2C1. The third-order valence-corrected chi connectivity index (χ3v) is 5.63. The number of aromatic nitrogens is 3. The Morgan fingerprint density at radius 3 is 2.66 bits per heavy atom. The standard InChI is InChI=1S/C22H25N5O2/c1-22(2,26-12-11-16-7-3-4-8-17(16)13-26)15-23-20(28)14-27-21(29)18-9-5-6-10-19(18)24-25-27/h3-10H,11-15H2,1-2H3,(H,23,28). The second kappa shape index (κ2) is 7.75. The number of benzene rings is 2. The van der Waals surface area contributed by atoms with E-state index >= 15 is 0 Å². The molecule has 0 saturated carbocycles. The van der Waals surface area contributed by atoms with Crippen molar-refractivity contribution in [2.45, 2.75) is 38.9 Å². The zero-order valence-electron chi connectivity index (χ0n) is 16.8. The van der Waals surface area contributed by atoms with E-state index in [0.29, 0.717) is 17.4 Å². The van der Waals surface area contributed by atoms with Crippen LogP contribution in [0.5, 0.6) is 0 Å². The summed E-state index contributed by atoms with van der Waals surface area (Å²) in [6.45, 7) is 6.43. The summed E-state index contributed by atoms with van der Waals surface area (Å²) in [4.78, 5) is 27.4. The third-order valence-electron chi connectivity index (χ3n) is 5.63. The molecule has 0 spiro atoms. The molecule has 0 saturated heterocycles. The molecule has 3 aromatic rings. The van der Waals surface area contributed by atoms with Crippen molar-refractivity contribution >= 4 is 16.8 Å². The highest BCUT2D eigenvalue weighted by atomic mass is 16.2.